The molecule has 4 aromatic rings. The molecule has 7 heteroatoms. The number of anilines is 2. The van der Waals surface area contributed by atoms with Crippen LogP contribution in [-0.2, 0) is 4.43 Å². The van der Waals surface area contributed by atoms with Gasteiger partial charge in [0.2, 0.25) is 0 Å². The van der Waals surface area contributed by atoms with Crippen LogP contribution in [0.5, 0.6) is 11.5 Å². The molecule has 0 amide bonds. The molecule has 0 bridgehead atoms. The first kappa shape index (κ1) is 26.6. The Bertz CT molecular complexity index is 1330. The average molecular weight is 516 g/mol. The highest BCUT2D eigenvalue weighted by atomic mass is 28.4. The third-order valence-electron chi connectivity index (χ3n) is 7.14. The fourth-order valence-corrected chi connectivity index (χ4v) is 4.91. The van der Waals surface area contributed by atoms with E-state index in [1.54, 1.807) is 14.2 Å². The van der Waals surface area contributed by atoms with E-state index < -0.39 is 8.32 Å². The number of ether oxygens (including phenoxy) is 2. The van der Waals surface area contributed by atoms with E-state index in [0.717, 1.165) is 45.2 Å². The van der Waals surface area contributed by atoms with E-state index in [0.29, 0.717) is 13.2 Å². The molecule has 6 nitrogen and oxygen atoms in total. The van der Waals surface area contributed by atoms with Crippen LogP contribution >= 0.6 is 0 Å². The zero-order valence-corrected chi connectivity index (χ0v) is 23.9. The van der Waals surface area contributed by atoms with Crippen molar-refractivity contribution in [2.75, 3.05) is 32.3 Å². The van der Waals surface area contributed by atoms with Gasteiger partial charge in [-0.05, 0) is 36.3 Å². The number of hydrogen-bond donors (Lipinski definition) is 0. The molecular formula is C30H37N3O3Si. The lowest BCUT2D eigenvalue weighted by atomic mass is 10.1. The zero-order chi connectivity index (χ0) is 26.6. The second kappa shape index (κ2) is 10.9. The molecule has 1 aromatic heterocycles. The van der Waals surface area contributed by atoms with Crippen LogP contribution in [0.3, 0.4) is 0 Å². The number of hydrogen-bond acceptors (Lipinski definition) is 6. The fourth-order valence-electron chi connectivity index (χ4n) is 3.88. The molecule has 0 unspecified atom stereocenters. The van der Waals surface area contributed by atoms with E-state index in [1.165, 1.54) is 0 Å². The van der Waals surface area contributed by atoms with Crippen LogP contribution in [-0.4, -0.2) is 45.7 Å². The predicted octanol–water partition coefficient (Wildman–Crippen LogP) is 7.47. The average Bonchev–Trinajstić information content (AvgIpc) is 2.90. The molecule has 0 saturated carbocycles. The molecule has 194 valence electrons. The van der Waals surface area contributed by atoms with Crippen molar-refractivity contribution in [2.24, 2.45) is 0 Å². The number of fused-ring (bicyclic) bond motifs is 1. The Morgan fingerprint density at radius 1 is 0.811 bits per heavy atom. The first-order chi connectivity index (χ1) is 17.6. The molecule has 0 spiro atoms. The molecule has 4 rings (SSSR count). The van der Waals surface area contributed by atoms with Crippen LogP contribution in [0.15, 0.2) is 72.9 Å². The summed E-state index contributed by atoms with van der Waals surface area (Å²) in [6, 6.07) is 22.2. The van der Waals surface area contributed by atoms with Crippen molar-refractivity contribution in [1.82, 2.24) is 9.97 Å². The second-order valence-electron chi connectivity index (χ2n) is 10.6. The summed E-state index contributed by atoms with van der Waals surface area (Å²) in [5.74, 6) is 1.47. The van der Waals surface area contributed by atoms with Gasteiger partial charge in [0.15, 0.2) is 8.32 Å². The molecule has 0 saturated heterocycles. The summed E-state index contributed by atoms with van der Waals surface area (Å²) in [6.07, 6.45) is 1.83. The standard InChI is InChI=1S/C30H37N3O3Si/c1-30(2,3)37(6,7)36-16-15-33(24-17-25(34-4)20-26(18-24)35-5)23-13-14-27-28(19-23)32-29(21-31-27)22-11-9-8-10-12-22/h8-14,17-21H,15-16H2,1-7H3. The quantitative estimate of drug-likeness (QED) is 0.215. The molecule has 1 heterocycles. The minimum Gasteiger partial charge on any atom is -0.497 e. The van der Waals surface area contributed by atoms with Gasteiger partial charge >= 0.3 is 0 Å². The molecule has 3 aromatic carbocycles. The Morgan fingerprint density at radius 2 is 1.49 bits per heavy atom. The molecule has 37 heavy (non-hydrogen) atoms. The zero-order valence-electron chi connectivity index (χ0n) is 22.9. The number of nitrogens with zero attached hydrogens (tertiary/aromatic N) is 3. The molecule has 0 aliphatic carbocycles. The SMILES string of the molecule is COc1cc(OC)cc(N(CCO[Si](C)(C)C(C)(C)C)c2ccc3ncc(-c4ccccc4)nc3c2)c1. The highest BCUT2D eigenvalue weighted by molar-refractivity contribution is 6.74. The summed E-state index contributed by atoms with van der Waals surface area (Å²) >= 11 is 0. The maximum Gasteiger partial charge on any atom is 0.192 e. The molecule has 0 N–H and O–H groups in total. The molecule has 0 fully saturated rings. The van der Waals surface area contributed by atoms with Crippen molar-refractivity contribution in [3.8, 4) is 22.8 Å². The summed E-state index contributed by atoms with van der Waals surface area (Å²) in [6.45, 7) is 12.6. The third-order valence-corrected chi connectivity index (χ3v) is 11.7. The van der Waals surface area contributed by atoms with Crippen molar-refractivity contribution in [1.29, 1.82) is 0 Å². The first-order valence-electron chi connectivity index (χ1n) is 12.6. The molecule has 0 aliphatic rings. The highest BCUT2D eigenvalue weighted by Gasteiger charge is 2.37. The number of methoxy groups -OCH3 is 2. The van der Waals surface area contributed by atoms with Gasteiger partial charge < -0.3 is 18.8 Å². The van der Waals surface area contributed by atoms with Crippen molar-refractivity contribution < 1.29 is 13.9 Å². The van der Waals surface area contributed by atoms with E-state index in [2.05, 4.69) is 55.9 Å². The minimum atomic E-state index is -1.90. The van der Waals surface area contributed by atoms with E-state index in [4.69, 9.17) is 18.9 Å². The van der Waals surface area contributed by atoms with Crippen molar-refractivity contribution in [3.63, 3.8) is 0 Å². The molecule has 0 aliphatic heterocycles. The number of rotatable bonds is 9. The molecule has 0 atom stereocenters. The van der Waals surface area contributed by atoms with E-state index in [1.807, 2.05) is 60.8 Å². The van der Waals surface area contributed by atoms with Gasteiger partial charge in [-0.3, -0.25) is 4.98 Å². The van der Waals surface area contributed by atoms with Crippen LogP contribution in [0.1, 0.15) is 20.8 Å². The van der Waals surface area contributed by atoms with Gasteiger partial charge in [-0.25, -0.2) is 4.98 Å². The van der Waals surface area contributed by atoms with Crippen LogP contribution in [0, 0.1) is 0 Å². The summed E-state index contributed by atoms with van der Waals surface area (Å²) in [7, 11) is 1.44. The van der Waals surface area contributed by atoms with Crippen LogP contribution < -0.4 is 14.4 Å². The van der Waals surface area contributed by atoms with Gasteiger partial charge in [-0.1, -0.05) is 51.1 Å². The number of benzene rings is 3. The van der Waals surface area contributed by atoms with Crippen LogP contribution in [0.25, 0.3) is 22.3 Å². The van der Waals surface area contributed by atoms with Gasteiger partial charge in [0.1, 0.15) is 11.5 Å². The van der Waals surface area contributed by atoms with Gasteiger partial charge in [0.25, 0.3) is 0 Å². The summed E-state index contributed by atoms with van der Waals surface area (Å²) in [5, 5.41) is 0.142. The Balaban J connectivity index is 1.74. The summed E-state index contributed by atoms with van der Waals surface area (Å²) in [5.41, 5.74) is 5.54. The summed E-state index contributed by atoms with van der Waals surface area (Å²) in [4.78, 5) is 11.8. The van der Waals surface area contributed by atoms with Crippen LogP contribution in [0.4, 0.5) is 11.4 Å². The van der Waals surface area contributed by atoms with E-state index >= 15 is 0 Å². The van der Waals surface area contributed by atoms with Gasteiger partial charge in [0.05, 0.1) is 43.8 Å². The van der Waals surface area contributed by atoms with E-state index in [9.17, 15) is 0 Å². The smallest absolute Gasteiger partial charge is 0.192 e. The Morgan fingerprint density at radius 3 is 2.11 bits per heavy atom. The van der Waals surface area contributed by atoms with Crippen LogP contribution in [0.2, 0.25) is 18.1 Å². The Hall–Kier alpha value is -3.42. The Kier molecular flexibility index (Phi) is 7.85. The predicted molar refractivity (Wildman–Crippen MR) is 155 cm³/mol. The lowest BCUT2D eigenvalue weighted by Gasteiger charge is -2.37. The van der Waals surface area contributed by atoms with Crippen molar-refractivity contribution in [3.05, 3.63) is 72.9 Å². The topological polar surface area (TPSA) is 56.7 Å². The molecular weight excluding hydrogens is 478 g/mol. The first-order valence-corrected chi connectivity index (χ1v) is 15.5. The lowest BCUT2D eigenvalue weighted by Crippen LogP contribution is -2.42. The second-order valence-corrected chi connectivity index (χ2v) is 15.4. The Labute approximate surface area is 221 Å². The highest BCUT2D eigenvalue weighted by Crippen LogP contribution is 2.37. The van der Waals surface area contributed by atoms with Gasteiger partial charge in [-0.15, -0.1) is 0 Å². The van der Waals surface area contributed by atoms with Gasteiger partial charge in [0, 0.05) is 41.7 Å². The fraction of sp³-hybridized carbons (Fsp3) is 0.333. The maximum absolute atomic E-state index is 6.55. The normalized spacial score (nSPS) is 12.0. The number of aromatic nitrogens is 2. The monoisotopic (exact) mass is 515 g/mol. The minimum absolute atomic E-state index is 0.142. The maximum atomic E-state index is 6.55. The molecule has 0 radical (unpaired) electrons. The van der Waals surface area contributed by atoms with Gasteiger partial charge in [-0.2, -0.15) is 0 Å². The summed E-state index contributed by atoms with van der Waals surface area (Å²) < 4.78 is 17.7. The lowest BCUT2D eigenvalue weighted by molar-refractivity contribution is 0.297. The third kappa shape index (κ3) is 6.11. The van der Waals surface area contributed by atoms with Crippen molar-refractivity contribution >= 4 is 30.7 Å². The van der Waals surface area contributed by atoms with E-state index in [-0.39, 0.29) is 5.04 Å². The van der Waals surface area contributed by atoms with Crippen molar-refractivity contribution in [2.45, 2.75) is 38.9 Å². The largest absolute Gasteiger partial charge is 0.497 e.